The summed E-state index contributed by atoms with van der Waals surface area (Å²) in [5.74, 6) is 0.714. The van der Waals surface area contributed by atoms with E-state index in [9.17, 15) is 10.1 Å². The van der Waals surface area contributed by atoms with Crippen molar-refractivity contribution in [2.45, 2.75) is 6.54 Å². The summed E-state index contributed by atoms with van der Waals surface area (Å²) < 4.78 is 3.00. The molecule has 0 aliphatic heterocycles. The van der Waals surface area contributed by atoms with E-state index in [-0.39, 0.29) is 5.69 Å². The van der Waals surface area contributed by atoms with Crippen molar-refractivity contribution in [2.75, 3.05) is 0 Å². The maximum absolute atomic E-state index is 10.9. The van der Waals surface area contributed by atoms with Gasteiger partial charge in [-0.1, -0.05) is 40.2 Å². The van der Waals surface area contributed by atoms with E-state index in [1.165, 1.54) is 6.07 Å². The minimum Gasteiger partial charge on any atom is -0.327 e. The Morgan fingerprint density at radius 3 is 2.68 bits per heavy atom. The Morgan fingerprint density at radius 1 is 1.18 bits per heavy atom. The van der Waals surface area contributed by atoms with Crippen LogP contribution < -0.4 is 0 Å². The molecule has 6 heteroatoms. The molecule has 0 spiro atoms. The standard InChI is InChI=1S/C16H12BrN3O2/c17-14-6-4-12(5-7-14)11-19-9-8-18-16(19)13-2-1-3-15(10-13)20(21)22/h1-10H,11H2. The molecule has 0 atom stereocenters. The van der Waals surface area contributed by atoms with Crippen LogP contribution >= 0.6 is 15.9 Å². The predicted octanol–water partition coefficient (Wildman–Crippen LogP) is 4.27. The average molecular weight is 358 g/mol. The monoisotopic (exact) mass is 357 g/mol. The fraction of sp³-hybridized carbons (Fsp3) is 0.0625. The van der Waals surface area contributed by atoms with Gasteiger partial charge in [-0.3, -0.25) is 10.1 Å². The van der Waals surface area contributed by atoms with Crippen LogP contribution in [0.4, 0.5) is 5.69 Å². The number of non-ortho nitro benzene ring substituents is 1. The number of imidazole rings is 1. The van der Waals surface area contributed by atoms with Gasteiger partial charge in [0.1, 0.15) is 5.82 Å². The lowest BCUT2D eigenvalue weighted by molar-refractivity contribution is -0.384. The van der Waals surface area contributed by atoms with Gasteiger partial charge in [-0.15, -0.1) is 0 Å². The molecular weight excluding hydrogens is 346 g/mol. The molecule has 0 radical (unpaired) electrons. The smallest absolute Gasteiger partial charge is 0.270 e. The van der Waals surface area contributed by atoms with Gasteiger partial charge in [0.25, 0.3) is 5.69 Å². The van der Waals surface area contributed by atoms with Gasteiger partial charge in [0.05, 0.1) is 4.92 Å². The lowest BCUT2D eigenvalue weighted by Crippen LogP contribution is -2.01. The number of nitro benzene ring substituents is 1. The summed E-state index contributed by atoms with van der Waals surface area (Å²) in [6, 6.07) is 14.5. The van der Waals surface area contributed by atoms with Crippen LogP contribution in [0.15, 0.2) is 65.4 Å². The Balaban J connectivity index is 1.93. The van der Waals surface area contributed by atoms with Crippen molar-refractivity contribution in [2.24, 2.45) is 0 Å². The van der Waals surface area contributed by atoms with E-state index in [0.717, 1.165) is 15.6 Å². The van der Waals surface area contributed by atoms with Crippen molar-refractivity contribution in [1.29, 1.82) is 0 Å². The van der Waals surface area contributed by atoms with Gasteiger partial charge in [0, 0.05) is 41.1 Å². The summed E-state index contributed by atoms with van der Waals surface area (Å²) in [4.78, 5) is 14.8. The Hall–Kier alpha value is -2.47. The highest BCUT2D eigenvalue weighted by Crippen LogP contribution is 2.23. The van der Waals surface area contributed by atoms with Crippen LogP contribution in [0.1, 0.15) is 5.56 Å². The molecule has 3 aromatic rings. The molecule has 22 heavy (non-hydrogen) atoms. The Bertz CT molecular complexity index is 812. The van der Waals surface area contributed by atoms with Crippen LogP contribution in [0.3, 0.4) is 0 Å². The summed E-state index contributed by atoms with van der Waals surface area (Å²) in [5, 5.41) is 10.9. The molecule has 0 aliphatic carbocycles. The topological polar surface area (TPSA) is 61.0 Å². The van der Waals surface area contributed by atoms with Gasteiger partial charge in [-0.25, -0.2) is 4.98 Å². The molecule has 1 aromatic heterocycles. The number of halogens is 1. The number of benzene rings is 2. The minimum atomic E-state index is -0.397. The molecule has 0 saturated carbocycles. The number of hydrogen-bond donors (Lipinski definition) is 0. The summed E-state index contributed by atoms with van der Waals surface area (Å²) >= 11 is 3.41. The molecule has 0 fully saturated rings. The van der Waals surface area contributed by atoms with Crippen LogP contribution in [-0.4, -0.2) is 14.5 Å². The molecule has 3 rings (SSSR count). The highest BCUT2D eigenvalue weighted by Gasteiger charge is 2.11. The lowest BCUT2D eigenvalue weighted by atomic mass is 10.1. The first-order valence-corrected chi connectivity index (χ1v) is 7.43. The maximum Gasteiger partial charge on any atom is 0.270 e. The maximum atomic E-state index is 10.9. The second-order valence-electron chi connectivity index (χ2n) is 4.81. The lowest BCUT2D eigenvalue weighted by Gasteiger charge is -2.08. The van der Waals surface area contributed by atoms with Gasteiger partial charge in [-0.05, 0) is 17.7 Å². The molecule has 0 unspecified atom stereocenters. The van der Waals surface area contributed by atoms with Crippen molar-refractivity contribution in [3.63, 3.8) is 0 Å². The average Bonchev–Trinajstić information content (AvgIpc) is 2.98. The molecule has 0 N–H and O–H groups in total. The molecule has 0 bridgehead atoms. The second-order valence-corrected chi connectivity index (χ2v) is 5.73. The van der Waals surface area contributed by atoms with Crippen LogP contribution in [-0.2, 0) is 6.54 Å². The van der Waals surface area contributed by atoms with E-state index in [1.54, 1.807) is 18.3 Å². The third-order valence-electron chi connectivity index (χ3n) is 3.30. The SMILES string of the molecule is O=[N+]([O-])c1cccc(-c2nccn2Cc2ccc(Br)cc2)c1. The van der Waals surface area contributed by atoms with Crippen molar-refractivity contribution < 1.29 is 4.92 Å². The quantitative estimate of drug-likeness (QED) is 0.517. The summed E-state index contributed by atoms with van der Waals surface area (Å²) in [6.45, 7) is 0.658. The Kier molecular flexibility index (Phi) is 4.02. The number of rotatable bonds is 4. The number of nitro groups is 1. The van der Waals surface area contributed by atoms with E-state index in [1.807, 2.05) is 41.1 Å². The molecule has 110 valence electrons. The molecule has 0 amide bonds. The van der Waals surface area contributed by atoms with Gasteiger partial charge < -0.3 is 4.57 Å². The first-order valence-electron chi connectivity index (χ1n) is 6.64. The minimum absolute atomic E-state index is 0.0655. The summed E-state index contributed by atoms with van der Waals surface area (Å²) in [5.41, 5.74) is 1.93. The number of nitrogens with zero attached hydrogens (tertiary/aromatic N) is 3. The zero-order valence-electron chi connectivity index (χ0n) is 11.5. The molecule has 0 saturated heterocycles. The van der Waals surface area contributed by atoms with Crippen molar-refractivity contribution in [3.8, 4) is 11.4 Å². The summed E-state index contributed by atoms with van der Waals surface area (Å²) in [6.07, 6.45) is 3.57. The predicted molar refractivity (Wildman–Crippen MR) is 87.6 cm³/mol. The zero-order chi connectivity index (χ0) is 15.5. The van der Waals surface area contributed by atoms with Crippen LogP contribution in [0.5, 0.6) is 0 Å². The molecule has 5 nitrogen and oxygen atoms in total. The van der Waals surface area contributed by atoms with Crippen LogP contribution in [0, 0.1) is 10.1 Å². The largest absolute Gasteiger partial charge is 0.327 e. The van der Waals surface area contributed by atoms with Crippen LogP contribution in [0.25, 0.3) is 11.4 Å². The van der Waals surface area contributed by atoms with E-state index in [2.05, 4.69) is 20.9 Å². The molecular formula is C16H12BrN3O2. The van der Waals surface area contributed by atoms with Gasteiger partial charge in [0.2, 0.25) is 0 Å². The Morgan fingerprint density at radius 2 is 1.95 bits per heavy atom. The molecule has 1 heterocycles. The van der Waals surface area contributed by atoms with E-state index < -0.39 is 4.92 Å². The normalized spacial score (nSPS) is 10.6. The molecule has 0 aliphatic rings. The van der Waals surface area contributed by atoms with Crippen molar-refractivity contribution in [1.82, 2.24) is 9.55 Å². The van der Waals surface area contributed by atoms with Gasteiger partial charge >= 0.3 is 0 Å². The van der Waals surface area contributed by atoms with E-state index >= 15 is 0 Å². The highest BCUT2D eigenvalue weighted by molar-refractivity contribution is 9.10. The van der Waals surface area contributed by atoms with Crippen LogP contribution in [0.2, 0.25) is 0 Å². The van der Waals surface area contributed by atoms with E-state index in [4.69, 9.17) is 0 Å². The zero-order valence-corrected chi connectivity index (χ0v) is 13.1. The van der Waals surface area contributed by atoms with Gasteiger partial charge in [0.15, 0.2) is 0 Å². The summed E-state index contributed by atoms with van der Waals surface area (Å²) in [7, 11) is 0. The van der Waals surface area contributed by atoms with Crippen molar-refractivity contribution in [3.05, 3.63) is 81.1 Å². The number of aromatic nitrogens is 2. The fourth-order valence-electron chi connectivity index (χ4n) is 2.24. The fourth-order valence-corrected chi connectivity index (χ4v) is 2.51. The third-order valence-corrected chi connectivity index (χ3v) is 3.83. The Labute approximate surface area is 135 Å². The third kappa shape index (κ3) is 3.07. The van der Waals surface area contributed by atoms with Crippen molar-refractivity contribution >= 4 is 21.6 Å². The number of hydrogen-bond acceptors (Lipinski definition) is 3. The highest BCUT2D eigenvalue weighted by atomic mass is 79.9. The van der Waals surface area contributed by atoms with E-state index in [0.29, 0.717) is 12.4 Å². The van der Waals surface area contributed by atoms with Gasteiger partial charge in [-0.2, -0.15) is 0 Å². The first kappa shape index (κ1) is 14.5. The first-order chi connectivity index (χ1) is 10.6. The molecule has 2 aromatic carbocycles. The second kappa shape index (κ2) is 6.11.